The second-order valence-corrected chi connectivity index (χ2v) is 9.39. The van der Waals surface area contributed by atoms with Crippen LogP contribution in [0, 0.1) is 0 Å². The first-order valence-electron chi connectivity index (χ1n) is 11.2. The van der Waals surface area contributed by atoms with Crippen LogP contribution >= 0.6 is 11.8 Å². The average molecular weight is 461 g/mol. The van der Waals surface area contributed by atoms with Crippen molar-refractivity contribution >= 4 is 34.2 Å². The Kier molecular flexibility index (Phi) is 6.35. The predicted octanol–water partition coefficient (Wildman–Crippen LogP) is 4.93. The second-order valence-electron chi connectivity index (χ2n) is 8.34. The molecule has 1 saturated carbocycles. The highest BCUT2D eigenvalue weighted by Crippen LogP contribution is 2.34. The van der Waals surface area contributed by atoms with Crippen molar-refractivity contribution in [2.75, 3.05) is 5.75 Å². The molecule has 0 saturated heterocycles. The molecule has 2 aromatic carbocycles. The minimum absolute atomic E-state index is 0.0263. The van der Waals surface area contributed by atoms with Gasteiger partial charge in [-0.15, -0.1) is 22.0 Å². The summed E-state index contributed by atoms with van der Waals surface area (Å²) < 4.78 is 5.91. The number of ketones is 1. The van der Waals surface area contributed by atoms with E-state index in [0.717, 1.165) is 31.2 Å². The summed E-state index contributed by atoms with van der Waals surface area (Å²) in [7, 11) is 0. The first-order chi connectivity index (χ1) is 16.2. The Morgan fingerprint density at radius 1 is 1.00 bits per heavy atom. The van der Waals surface area contributed by atoms with Crippen LogP contribution in [0.5, 0.6) is 0 Å². The Morgan fingerprint density at radius 2 is 1.76 bits per heavy atom. The maximum atomic E-state index is 12.5. The number of fused-ring (bicyclic) bond motifs is 1. The van der Waals surface area contributed by atoms with Gasteiger partial charge < -0.3 is 9.73 Å². The summed E-state index contributed by atoms with van der Waals surface area (Å²) in [5.74, 6) is 1.73. The number of nitrogens with zero attached hydrogens (tertiary/aromatic N) is 3. The zero-order chi connectivity index (χ0) is 22.6. The van der Waals surface area contributed by atoms with Gasteiger partial charge in [-0.05, 0) is 49.9 Å². The highest BCUT2D eigenvalue weighted by molar-refractivity contribution is 8.14. The van der Waals surface area contributed by atoms with Gasteiger partial charge in [-0.3, -0.25) is 9.59 Å². The van der Waals surface area contributed by atoms with Crippen LogP contribution < -0.4 is 5.32 Å². The van der Waals surface area contributed by atoms with Gasteiger partial charge in [-0.1, -0.05) is 30.3 Å². The Hall–Kier alpha value is -3.26. The van der Waals surface area contributed by atoms with E-state index in [-0.39, 0.29) is 35.8 Å². The molecule has 0 atom stereocenters. The molecule has 168 valence electrons. The Bertz CT molecular complexity index is 1180. The summed E-state index contributed by atoms with van der Waals surface area (Å²) >= 11 is 1.34. The third kappa shape index (κ3) is 5.06. The van der Waals surface area contributed by atoms with Gasteiger partial charge in [0.2, 0.25) is 17.7 Å². The largest absolute Gasteiger partial charge is 0.420 e. The fourth-order valence-corrected chi connectivity index (χ4v) is 5.07. The fraction of sp³-hybridized carbons (Fsp3) is 0.320. The molecule has 0 bridgehead atoms. The van der Waals surface area contributed by atoms with E-state index in [9.17, 15) is 9.59 Å². The molecule has 1 aliphatic heterocycles. The molecule has 2 aliphatic rings. The lowest BCUT2D eigenvalue weighted by atomic mass is 9.86. The minimum atomic E-state index is -0.0263. The molecule has 33 heavy (non-hydrogen) atoms. The molecule has 1 fully saturated rings. The zero-order valence-electron chi connectivity index (χ0n) is 18.1. The van der Waals surface area contributed by atoms with E-state index in [1.54, 1.807) is 6.07 Å². The van der Waals surface area contributed by atoms with Crippen LogP contribution in [0.25, 0.3) is 11.5 Å². The van der Waals surface area contributed by atoms with Crippen LogP contribution in [-0.2, 0) is 4.79 Å². The van der Waals surface area contributed by atoms with Crippen LogP contribution in [0.1, 0.15) is 54.3 Å². The smallest absolute Gasteiger partial charge is 0.247 e. The van der Waals surface area contributed by atoms with Crippen molar-refractivity contribution in [3.05, 3.63) is 66.1 Å². The molecule has 1 aliphatic carbocycles. The third-order valence-corrected chi connectivity index (χ3v) is 7.01. The Labute approximate surface area is 196 Å². The summed E-state index contributed by atoms with van der Waals surface area (Å²) in [5.41, 5.74) is 2.26. The van der Waals surface area contributed by atoms with Crippen LogP contribution in [-0.4, -0.2) is 38.7 Å². The number of hydrogen-bond donors (Lipinski definition) is 1. The summed E-state index contributed by atoms with van der Waals surface area (Å²) in [6, 6.07) is 17.2. The van der Waals surface area contributed by atoms with E-state index < -0.39 is 0 Å². The third-order valence-electron chi connectivity index (χ3n) is 6.03. The summed E-state index contributed by atoms with van der Waals surface area (Å²) in [5, 5.41) is 12.3. The molecule has 0 radical (unpaired) electrons. The molecule has 7 nitrogen and oxygen atoms in total. The summed E-state index contributed by atoms with van der Waals surface area (Å²) in [6.07, 6.45) is 3.79. The maximum absolute atomic E-state index is 12.5. The number of hydrogen-bond acceptors (Lipinski definition) is 7. The highest BCUT2D eigenvalue weighted by Gasteiger charge is 2.27. The van der Waals surface area contributed by atoms with Gasteiger partial charge in [0.1, 0.15) is 0 Å². The molecule has 5 rings (SSSR count). The molecule has 1 amide bonds. The van der Waals surface area contributed by atoms with Crippen LogP contribution in [0.4, 0.5) is 5.69 Å². The molecule has 0 spiro atoms. The van der Waals surface area contributed by atoms with Crippen molar-refractivity contribution in [3.63, 3.8) is 0 Å². The Morgan fingerprint density at radius 3 is 2.58 bits per heavy atom. The van der Waals surface area contributed by atoms with Crippen molar-refractivity contribution in [2.45, 2.75) is 44.1 Å². The van der Waals surface area contributed by atoms with Gasteiger partial charge in [0.15, 0.2) is 5.78 Å². The molecule has 3 aromatic rings. The average Bonchev–Trinajstić information content (AvgIpc) is 3.34. The van der Waals surface area contributed by atoms with Gasteiger partial charge in [0.05, 0.1) is 22.9 Å². The topological polar surface area (TPSA) is 97.5 Å². The molecule has 8 heteroatoms. The number of amides is 1. The van der Waals surface area contributed by atoms with Crippen molar-refractivity contribution in [3.8, 4) is 11.5 Å². The standard InChI is InChI=1S/C25H24N4O3S/c30-21-14-23(27-20-9-5-4-8-19(20)21)33-15-22(31)26-18-12-10-17(11-13-18)25-29-28-24(32-25)16-6-2-1-3-7-16/h1-9,17-18H,10-15H2,(H,26,31). The van der Waals surface area contributed by atoms with E-state index in [1.165, 1.54) is 11.8 Å². The van der Waals surface area contributed by atoms with Crippen molar-refractivity contribution in [1.29, 1.82) is 0 Å². The highest BCUT2D eigenvalue weighted by atomic mass is 32.2. The lowest BCUT2D eigenvalue weighted by Gasteiger charge is -2.27. The Balaban J connectivity index is 1.09. The van der Waals surface area contributed by atoms with E-state index in [0.29, 0.717) is 28.1 Å². The first-order valence-corrected chi connectivity index (χ1v) is 12.1. The predicted molar refractivity (Wildman–Crippen MR) is 128 cm³/mol. The number of thioether (sulfide) groups is 1. The number of carbonyl (C=O) groups excluding carboxylic acids is 2. The number of Topliss-reactive ketones (excluding diaryl/α,β-unsaturated/α-hetero) is 1. The van der Waals surface area contributed by atoms with E-state index in [4.69, 9.17) is 4.42 Å². The lowest BCUT2D eigenvalue weighted by molar-refractivity contribution is -0.119. The molecule has 1 aromatic heterocycles. The van der Waals surface area contributed by atoms with Gasteiger partial charge in [-0.25, -0.2) is 4.99 Å². The van der Waals surface area contributed by atoms with E-state index in [1.807, 2.05) is 48.5 Å². The van der Waals surface area contributed by atoms with Crippen molar-refractivity contribution in [2.24, 2.45) is 4.99 Å². The monoisotopic (exact) mass is 460 g/mol. The number of carbonyl (C=O) groups is 2. The maximum Gasteiger partial charge on any atom is 0.247 e. The summed E-state index contributed by atoms with van der Waals surface area (Å²) in [6.45, 7) is 0. The number of benzene rings is 2. The summed E-state index contributed by atoms with van der Waals surface area (Å²) in [4.78, 5) is 29.3. The van der Waals surface area contributed by atoms with Gasteiger partial charge in [0.25, 0.3) is 0 Å². The number of aliphatic imine (C=N–C) groups is 1. The second kappa shape index (κ2) is 9.70. The number of aromatic nitrogens is 2. The van der Waals surface area contributed by atoms with Crippen LogP contribution in [0.2, 0.25) is 0 Å². The number of rotatable bonds is 5. The van der Waals surface area contributed by atoms with Crippen molar-refractivity contribution in [1.82, 2.24) is 15.5 Å². The lowest BCUT2D eigenvalue weighted by Crippen LogP contribution is -2.38. The SMILES string of the molecule is O=C(CSC1=Nc2ccccc2C(=O)C1)NC1CCC(c2nnc(-c3ccccc3)o2)CC1. The van der Waals surface area contributed by atoms with Gasteiger partial charge >= 0.3 is 0 Å². The molecular weight excluding hydrogens is 436 g/mol. The first kappa shape index (κ1) is 21.6. The van der Waals surface area contributed by atoms with Crippen LogP contribution in [0.15, 0.2) is 64.0 Å². The van der Waals surface area contributed by atoms with Crippen molar-refractivity contribution < 1.29 is 14.0 Å². The minimum Gasteiger partial charge on any atom is -0.420 e. The number of para-hydroxylation sites is 1. The molecule has 0 unspecified atom stereocenters. The van der Waals surface area contributed by atoms with Gasteiger partial charge in [0, 0.05) is 23.1 Å². The molecule has 2 heterocycles. The number of nitrogens with one attached hydrogen (secondary N) is 1. The quantitative estimate of drug-likeness (QED) is 0.580. The fourth-order valence-electron chi connectivity index (χ4n) is 4.30. The van der Waals surface area contributed by atoms with Crippen LogP contribution in [0.3, 0.4) is 0 Å². The molecule has 1 N–H and O–H groups in total. The normalized spacial score (nSPS) is 20.1. The molecular formula is C25H24N4O3S. The zero-order valence-corrected chi connectivity index (χ0v) is 18.9. The van der Waals surface area contributed by atoms with E-state index >= 15 is 0 Å². The van der Waals surface area contributed by atoms with Gasteiger partial charge in [-0.2, -0.15) is 0 Å². The van der Waals surface area contributed by atoms with E-state index in [2.05, 4.69) is 20.5 Å².